The molecular formula is C20H21FN2O2. The number of benzene rings is 1. The number of hydrogen-bond donors (Lipinski definition) is 0. The topological polar surface area (TPSA) is 44.2 Å². The Labute approximate surface area is 146 Å². The van der Waals surface area contributed by atoms with E-state index in [1.54, 1.807) is 25.3 Å². The van der Waals surface area contributed by atoms with Gasteiger partial charge in [-0.25, -0.2) is 9.37 Å². The van der Waals surface area contributed by atoms with Crippen LogP contribution >= 0.6 is 0 Å². The Bertz CT molecular complexity index is 909. The summed E-state index contributed by atoms with van der Waals surface area (Å²) in [7, 11) is 0. The zero-order valence-electron chi connectivity index (χ0n) is 14.8. The van der Waals surface area contributed by atoms with Crippen LogP contribution in [0, 0.1) is 12.7 Å². The van der Waals surface area contributed by atoms with Gasteiger partial charge < -0.3 is 9.47 Å². The minimum Gasteiger partial charge on any atom is -0.453 e. The van der Waals surface area contributed by atoms with Crippen molar-refractivity contribution < 1.29 is 13.9 Å². The molecule has 0 fully saturated rings. The van der Waals surface area contributed by atoms with Crippen LogP contribution in [0.5, 0.6) is 11.5 Å². The molecule has 0 saturated carbocycles. The lowest BCUT2D eigenvalue weighted by Crippen LogP contribution is -2.23. The molecule has 0 unspecified atom stereocenters. The highest BCUT2D eigenvalue weighted by molar-refractivity contribution is 5.81. The molecule has 130 valence electrons. The van der Waals surface area contributed by atoms with Gasteiger partial charge in [-0.15, -0.1) is 0 Å². The Morgan fingerprint density at radius 1 is 1.12 bits per heavy atom. The fourth-order valence-electron chi connectivity index (χ4n) is 2.81. The van der Waals surface area contributed by atoms with Crippen LogP contribution in [0.3, 0.4) is 0 Å². The molecule has 0 N–H and O–H groups in total. The zero-order chi connectivity index (χ0) is 18.0. The van der Waals surface area contributed by atoms with Crippen LogP contribution < -0.4 is 4.74 Å². The lowest BCUT2D eigenvalue weighted by atomic mass is 10.0. The van der Waals surface area contributed by atoms with E-state index in [-0.39, 0.29) is 5.82 Å². The molecule has 0 spiro atoms. The molecule has 0 aliphatic carbocycles. The number of aryl methyl sites for hydroxylation is 1. The molecule has 3 rings (SSSR count). The molecule has 0 bridgehead atoms. The van der Waals surface area contributed by atoms with Crippen molar-refractivity contribution in [3.05, 3.63) is 59.8 Å². The molecule has 4 nitrogen and oxygen atoms in total. The molecule has 0 radical (unpaired) electrons. The Balaban J connectivity index is 2.04. The van der Waals surface area contributed by atoms with Gasteiger partial charge in [-0.3, -0.25) is 4.98 Å². The number of nitrogens with zero attached hydrogens (tertiary/aromatic N) is 2. The maximum Gasteiger partial charge on any atom is 0.152 e. The van der Waals surface area contributed by atoms with Crippen molar-refractivity contribution >= 4 is 10.9 Å². The average molecular weight is 340 g/mol. The van der Waals surface area contributed by atoms with Crippen LogP contribution in [0.25, 0.3) is 10.9 Å². The van der Waals surface area contributed by atoms with E-state index >= 15 is 0 Å². The summed E-state index contributed by atoms with van der Waals surface area (Å²) < 4.78 is 25.8. The molecule has 0 atom stereocenters. The second kappa shape index (κ2) is 6.76. The summed E-state index contributed by atoms with van der Waals surface area (Å²) in [6.45, 7) is 8.21. The van der Waals surface area contributed by atoms with Crippen LogP contribution in [0.4, 0.5) is 4.39 Å². The van der Waals surface area contributed by atoms with E-state index < -0.39 is 5.60 Å². The molecule has 2 aromatic heterocycles. The van der Waals surface area contributed by atoms with E-state index in [2.05, 4.69) is 9.97 Å². The summed E-state index contributed by atoms with van der Waals surface area (Å²) in [5.74, 6) is 0.827. The Morgan fingerprint density at radius 3 is 2.68 bits per heavy atom. The van der Waals surface area contributed by atoms with Gasteiger partial charge in [0.1, 0.15) is 28.4 Å². The first-order valence-corrected chi connectivity index (χ1v) is 8.25. The van der Waals surface area contributed by atoms with Crippen molar-refractivity contribution in [2.24, 2.45) is 0 Å². The van der Waals surface area contributed by atoms with Gasteiger partial charge in [-0.05, 0) is 52.0 Å². The summed E-state index contributed by atoms with van der Waals surface area (Å²) in [5.41, 5.74) is 1.07. The number of aromatic nitrogens is 2. The van der Waals surface area contributed by atoms with Crippen molar-refractivity contribution in [2.45, 2.75) is 33.3 Å². The Morgan fingerprint density at radius 2 is 1.92 bits per heavy atom. The van der Waals surface area contributed by atoms with E-state index in [4.69, 9.17) is 9.47 Å². The van der Waals surface area contributed by atoms with E-state index in [0.717, 1.165) is 0 Å². The normalized spacial score (nSPS) is 11.7. The minimum atomic E-state index is -0.588. The van der Waals surface area contributed by atoms with Gasteiger partial charge in [0.05, 0.1) is 5.69 Å². The number of hydrogen-bond acceptors (Lipinski definition) is 4. The van der Waals surface area contributed by atoms with Gasteiger partial charge in [-0.2, -0.15) is 0 Å². The van der Waals surface area contributed by atoms with Crippen LogP contribution in [0.1, 0.15) is 32.2 Å². The van der Waals surface area contributed by atoms with Crippen LogP contribution in [-0.4, -0.2) is 16.6 Å². The van der Waals surface area contributed by atoms with Gasteiger partial charge in [0.25, 0.3) is 0 Å². The largest absolute Gasteiger partial charge is 0.453 e. The maximum absolute atomic E-state index is 13.9. The first kappa shape index (κ1) is 17.3. The lowest BCUT2D eigenvalue weighted by Gasteiger charge is -2.26. The lowest BCUT2D eigenvalue weighted by molar-refractivity contribution is -0.0186. The summed E-state index contributed by atoms with van der Waals surface area (Å²) in [6, 6.07) is 10.3. The predicted octanol–water partition coefficient (Wildman–Crippen LogP) is 5.14. The van der Waals surface area contributed by atoms with E-state index in [1.807, 2.05) is 39.0 Å². The Kier molecular flexibility index (Phi) is 4.68. The van der Waals surface area contributed by atoms with Crippen molar-refractivity contribution in [2.75, 3.05) is 6.61 Å². The van der Waals surface area contributed by atoms with E-state index in [0.29, 0.717) is 40.4 Å². The minimum absolute atomic E-state index is 0.341. The molecule has 0 aliphatic heterocycles. The Hall–Kier alpha value is -2.53. The number of ether oxygens (including phenoxy) is 2. The highest BCUT2D eigenvalue weighted by Gasteiger charge is 2.27. The van der Waals surface area contributed by atoms with E-state index in [9.17, 15) is 4.39 Å². The second-order valence-corrected chi connectivity index (χ2v) is 6.28. The summed E-state index contributed by atoms with van der Waals surface area (Å²) in [4.78, 5) is 8.79. The van der Waals surface area contributed by atoms with Gasteiger partial charge >= 0.3 is 0 Å². The van der Waals surface area contributed by atoms with Crippen molar-refractivity contribution in [3.8, 4) is 11.5 Å². The third kappa shape index (κ3) is 3.46. The smallest absolute Gasteiger partial charge is 0.152 e. The number of rotatable bonds is 5. The molecule has 0 amide bonds. The van der Waals surface area contributed by atoms with Gasteiger partial charge in [0.2, 0.25) is 0 Å². The van der Waals surface area contributed by atoms with Gasteiger partial charge in [-0.1, -0.05) is 12.1 Å². The van der Waals surface area contributed by atoms with Gasteiger partial charge in [0, 0.05) is 18.2 Å². The quantitative estimate of drug-likeness (QED) is 0.645. The molecular weight excluding hydrogens is 319 g/mol. The highest BCUT2D eigenvalue weighted by Crippen LogP contribution is 2.35. The number of fused-ring (bicyclic) bond motifs is 1. The second-order valence-electron chi connectivity index (χ2n) is 6.28. The molecule has 1 aromatic carbocycles. The molecule has 25 heavy (non-hydrogen) atoms. The van der Waals surface area contributed by atoms with Crippen LogP contribution in [0.15, 0.2) is 42.6 Å². The first-order chi connectivity index (χ1) is 11.9. The van der Waals surface area contributed by atoms with Gasteiger partial charge in [0.15, 0.2) is 5.75 Å². The standard InChI is InChI=1S/C20H21FN2O2/c1-5-24-20(3,4)19-16(10-7-11-22-19)25-17-12-14-8-6-9-15(21)18(14)23-13(17)2/h6-12H,5H2,1-4H3. The number of halogens is 1. The van der Waals surface area contributed by atoms with Crippen molar-refractivity contribution in [3.63, 3.8) is 0 Å². The SMILES string of the molecule is CCOC(C)(C)c1ncccc1Oc1cc2cccc(F)c2nc1C. The average Bonchev–Trinajstić information content (AvgIpc) is 2.57. The first-order valence-electron chi connectivity index (χ1n) is 8.25. The molecule has 5 heteroatoms. The zero-order valence-corrected chi connectivity index (χ0v) is 14.8. The summed E-state index contributed by atoms with van der Waals surface area (Å²) in [5, 5.41) is 0.690. The predicted molar refractivity (Wildman–Crippen MR) is 95.4 cm³/mol. The third-order valence-electron chi connectivity index (χ3n) is 4.01. The molecule has 0 aliphatic rings. The number of para-hydroxylation sites is 1. The van der Waals surface area contributed by atoms with Crippen molar-refractivity contribution in [1.82, 2.24) is 9.97 Å². The fourth-order valence-corrected chi connectivity index (χ4v) is 2.81. The summed E-state index contributed by atoms with van der Waals surface area (Å²) in [6.07, 6.45) is 1.71. The maximum atomic E-state index is 13.9. The van der Waals surface area contributed by atoms with E-state index in [1.165, 1.54) is 6.07 Å². The van der Waals surface area contributed by atoms with Crippen LogP contribution in [0.2, 0.25) is 0 Å². The highest BCUT2D eigenvalue weighted by atomic mass is 19.1. The third-order valence-corrected chi connectivity index (χ3v) is 4.01. The fraction of sp³-hybridized carbons (Fsp3) is 0.300. The molecule has 0 saturated heterocycles. The van der Waals surface area contributed by atoms with Crippen molar-refractivity contribution in [1.29, 1.82) is 0 Å². The van der Waals surface area contributed by atoms with Crippen LogP contribution in [-0.2, 0) is 10.3 Å². The number of pyridine rings is 2. The monoisotopic (exact) mass is 340 g/mol. The summed E-state index contributed by atoms with van der Waals surface area (Å²) >= 11 is 0. The molecule has 3 aromatic rings. The molecule has 2 heterocycles.